The normalized spacial score (nSPS) is 11.6. The molecule has 0 saturated heterocycles. The number of hydrogen-bond donors (Lipinski definition) is 0. The zero-order chi connectivity index (χ0) is 40.0. The highest BCUT2D eigenvalue weighted by Gasteiger charge is 2.25. The summed E-state index contributed by atoms with van der Waals surface area (Å²) in [7, 11) is 0. The molecule has 0 N–H and O–H groups in total. The second kappa shape index (κ2) is 14.8. The molecule has 3 heterocycles. The highest BCUT2D eigenvalue weighted by molar-refractivity contribution is 6.09. The lowest BCUT2D eigenvalue weighted by Gasteiger charge is -2.22. The fraction of sp³-hybridized carbons (Fsp3) is 0.137. The minimum absolute atomic E-state index is 0.0143. The van der Waals surface area contributed by atoms with Crippen molar-refractivity contribution in [2.75, 3.05) is 0 Å². The van der Waals surface area contributed by atoms with E-state index in [-0.39, 0.29) is 5.41 Å². The van der Waals surface area contributed by atoms with Crippen LogP contribution in [0.3, 0.4) is 0 Å². The number of rotatable bonds is 9. The average molecular weight is 761 g/mol. The lowest BCUT2D eigenvalue weighted by molar-refractivity contribution is 0.458. The maximum Gasteiger partial charge on any atom is 0.142 e. The summed E-state index contributed by atoms with van der Waals surface area (Å²) in [4.78, 5) is 4.84. The molecule has 9 rings (SSSR count). The molecule has 3 aromatic heterocycles. The molecule has 0 aliphatic carbocycles. The van der Waals surface area contributed by atoms with E-state index in [2.05, 4.69) is 94.6 Å². The van der Waals surface area contributed by atoms with Crippen LogP contribution in [0.1, 0.15) is 43.0 Å². The second-order valence-corrected chi connectivity index (χ2v) is 15.7. The minimum atomic E-state index is -0.0143. The van der Waals surface area contributed by atoms with Crippen LogP contribution in [0.25, 0.3) is 44.4 Å². The Kier molecular flexibility index (Phi) is 9.29. The first-order valence-corrected chi connectivity index (χ1v) is 19.6. The van der Waals surface area contributed by atoms with Crippen LogP contribution in [-0.2, 0) is 5.41 Å². The monoisotopic (exact) mass is 760 g/mol. The van der Waals surface area contributed by atoms with Gasteiger partial charge in [-0.15, -0.1) is 0 Å². The number of hydrogen-bond acceptors (Lipinski definition) is 5. The van der Waals surface area contributed by atoms with E-state index in [0.29, 0.717) is 5.75 Å². The molecule has 0 aliphatic heterocycles. The van der Waals surface area contributed by atoms with Crippen molar-refractivity contribution in [3.05, 3.63) is 180 Å². The van der Waals surface area contributed by atoms with Crippen LogP contribution < -0.4 is 14.2 Å². The Bertz CT molecular complexity index is 2870. The molecular weight excluding hydrogens is 717 g/mol. The standard InChI is InChI=1S/C51H44N4O3/c1-33-34(2)49(57-39-17-9-7-10-18-39)48(50(35(33)3)58-40-19-11-8-12-20-40)36-31-53-54(32-36)38-16-15-21-41(29-38)56-42-24-25-44-43-22-13-14-23-45(43)55(46(44)30-42)47-28-37(26-27-52-47)51(4,5)6/h7-32H,1-6H3. The summed E-state index contributed by atoms with van der Waals surface area (Å²) >= 11 is 0. The van der Waals surface area contributed by atoms with Crippen molar-refractivity contribution in [1.29, 1.82) is 0 Å². The SMILES string of the molecule is Cc1c(C)c(Oc2ccccc2)c(-c2cnn(-c3cccc(Oc4ccc5c6ccccc6n(-c6cc(C(C)(C)C)ccn6)c5c4)c3)c2)c(Oc2ccccc2)c1C. The average Bonchev–Trinajstić information content (AvgIpc) is 3.86. The van der Waals surface area contributed by atoms with E-state index < -0.39 is 0 Å². The van der Waals surface area contributed by atoms with Gasteiger partial charge in [0, 0.05) is 40.9 Å². The zero-order valence-electron chi connectivity index (χ0n) is 33.5. The third-order valence-electron chi connectivity index (χ3n) is 10.9. The van der Waals surface area contributed by atoms with Crippen molar-refractivity contribution in [2.24, 2.45) is 0 Å². The van der Waals surface area contributed by atoms with E-state index in [1.54, 1.807) is 0 Å². The van der Waals surface area contributed by atoms with Crippen molar-refractivity contribution in [2.45, 2.75) is 47.0 Å². The van der Waals surface area contributed by atoms with E-state index in [0.717, 1.165) is 89.9 Å². The van der Waals surface area contributed by atoms with Gasteiger partial charge in [0.1, 0.15) is 40.3 Å². The number of fused-ring (bicyclic) bond motifs is 3. The fourth-order valence-electron chi connectivity index (χ4n) is 7.52. The van der Waals surface area contributed by atoms with Gasteiger partial charge in [0.05, 0.1) is 28.5 Å². The summed E-state index contributed by atoms with van der Waals surface area (Å²) in [5, 5.41) is 7.16. The van der Waals surface area contributed by atoms with Gasteiger partial charge >= 0.3 is 0 Å². The smallest absolute Gasteiger partial charge is 0.142 e. The van der Waals surface area contributed by atoms with Gasteiger partial charge in [0.15, 0.2) is 0 Å². The van der Waals surface area contributed by atoms with Gasteiger partial charge in [-0.05, 0) is 115 Å². The van der Waals surface area contributed by atoms with Crippen LogP contribution >= 0.6 is 0 Å². The van der Waals surface area contributed by atoms with Gasteiger partial charge in [0.25, 0.3) is 0 Å². The number of pyridine rings is 1. The lowest BCUT2D eigenvalue weighted by atomic mass is 9.88. The number of para-hydroxylation sites is 3. The number of nitrogens with zero attached hydrogens (tertiary/aromatic N) is 4. The Labute approximate surface area is 338 Å². The molecule has 58 heavy (non-hydrogen) atoms. The first-order valence-electron chi connectivity index (χ1n) is 19.6. The Morgan fingerprint density at radius 2 is 1.16 bits per heavy atom. The first kappa shape index (κ1) is 36.5. The van der Waals surface area contributed by atoms with E-state index in [4.69, 9.17) is 24.3 Å². The second-order valence-electron chi connectivity index (χ2n) is 15.7. The van der Waals surface area contributed by atoms with Crippen molar-refractivity contribution in [3.8, 4) is 57.1 Å². The predicted molar refractivity (Wildman–Crippen MR) is 234 cm³/mol. The number of aromatic nitrogens is 4. The molecule has 6 aromatic carbocycles. The van der Waals surface area contributed by atoms with Gasteiger partial charge in [-0.3, -0.25) is 4.57 Å². The van der Waals surface area contributed by atoms with Crippen LogP contribution in [0.2, 0.25) is 0 Å². The van der Waals surface area contributed by atoms with Crippen molar-refractivity contribution in [3.63, 3.8) is 0 Å². The molecule has 0 spiro atoms. The Balaban J connectivity index is 1.09. The van der Waals surface area contributed by atoms with Crippen LogP contribution in [-0.4, -0.2) is 19.3 Å². The minimum Gasteiger partial charge on any atom is -0.457 e. The summed E-state index contributed by atoms with van der Waals surface area (Å²) in [5.41, 5.74) is 9.04. The zero-order valence-corrected chi connectivity index (χ0v) is 33.5. The molecular formula is C51H44N4O3. The summed E-state index contributed by atoms with van der Waals surface area (Å²) < 4.78 is 24.0. The van der Waals surface area contributed by atoms with E-state index in [9.17, 15) is 0 Å². The summed E-state index contributed by atoms with van der Waals surface area (Å²) in [6, 6.07) is 46.7. The molecule has 0 fully saturated rings. The third kappa shape index (κ3) is 6.85. The van der Waals surface area contributed by atoms with E-state index in [1.165, 1.54) is 5.56 Å². The highest BCUT2D eigenvalue weighted by Crippen LogP contribution is 2.48. The summed E-state index contributed by atoms with van der Waals surface area (Å²) in [6.07, 6.45) is 5.78. The quantitative estimate of drug-likeness (QED) is 0.147. The molecule has 0 atom stereocenters. The van der Waals surface area contributed by atoms with Crippen LogP contribution in [0.15, 0.2) is 158 Å². The number of benzene rings is 6. The Hall–Kier alpha value is -7.12. The molecule has 286 valence electrons. The maximum atomic E-state index is 6.67. The Morgan fingerprint density at radius 1 is 0.534 bits per heavy atom. The number of ether oxygens (including phenoxy) is 3. The first-order chi connectivity index (χ1) is 28.1. The molecule has 0 bridgehead atoms. The molecule has 7 heteroatoms. The molecule has 0 saturated carbocycles. The van der Waals surface area contributed by atoms with E-state index >= 15 is 0 Å². The van der Waals surface area contributed by atoms with Crippen molar-refractivity contribution in [1.82, 2.24) is 19.3 Å². The molecule has 7 nitrogen and oxygen atoms in total. The van der Waals surface area contributed by atoms with Gasteiger partial charge in [0.2, 0.25) is 0 Å². The molecule has 0 radical (unpaired) electrons. The van der Waals surface area contributed by atoms with Crippen LogP contribution in [0.5, 0.6) is 34.5 Å². The van der Waals surface area contributed by atoms with Crippen molar-refractivity contribution >= 4 is 21.8 Å². The molecule has 0 unspecified atom stereocenters. The van der Waals surface area contributed by atoms with Gasteiger partial charge in [-0.1, -0.05) is 81.4 Å². The molecule has 0 aliphatic rings. The van der Waals surface area contributed by atoms with Crippen LogP contribution in [0.4, 0.5) is 0 Å². The maximum absolute atomic E-state index is 6.67. The summed E-state index contributed by atoms with van der Waals surface area (Å²) in [6.45, 7) is 13.0. The van der Waals surface area contributed by atoms with Gasteiger partial charge in [-0.25, -0.2) is 9.67 Å². The molecule has 9 aromatic rings. The largest absolute Gasteiger partial charge is 0.457 e. The topological polar surface area (TPSA) is 63.3 Å². The third-order valence-corrected chi connectivity index (χ3v) is 10.9. The lowest BCUT2D eigenvalue weighted by Crippen LogP contribution is -2.12. The predicted octanol–water partition coefficient (Wildman–Crippen LogP) is 13.6. The Morgan fingerprint density at radius 3 is 1.84 bits per heavy atom. The molecule has 0 amide bonds. The van der Waals surface area contributed by atoms with Gasteiger partial charge in [-0.2, -0.15) is 5.10 Å². The fourth-order valence-corrected chi connectivity index (χ4v) is 7.52. The van der Waals surface area contributed by atoms with Crippen molar-refractivity contribution < 1.29 is 14.2 Å². The highest BCUT2D eigenvalue weighted by atomic mass is 16.5. The van der Waals surface area contributed by atoms with Gasteiger partial charge < -0.3 is 14.2 Å². The van der Waals surface area contributed by atoms with E-state index in [1.807, 2.05) is 114 Å². The summed E-state index contributed by atoms with van der Waals surface area (Å²) in [5.74, 6) is 5.22. The van der Waals surface area contributed by atoms with Crippen LogP contribution in [0, 0.1) is 20.8 Å².